The van der Waals surface area contributed by atoms with Gasteiger partial charge in [-0.3, -0.25) is 18.8 Å². The molecule has 5 rings (SSSR count). The Balaban J connectivity index is 1.24. The van der Waals surface area contributed by atoms with Crippen molar-refractivity contribution in [2.45, 2.75) is 50.3 Å². The number of fused-ring (bicyclic) bond motifs is 1. The van der Waals surface area contributed by atoms with Crippen molar-refractivity contribution < 1.29 is 18.3 Å². The van der Waals surface area contributed by atoms with Crippen LogP contribution in [0, 0.1) is 0 Å². The topological polar surface area (TPSA) is 135 Å². The summed E-state index contributed by atoms with van der Waals surface area (Å²) in [5, 5.41) is 11.3. The molecule has 44 heavy (non-hydrogen) atoms. The Labute approximate surface area is 258 Å². The second kappa shape index (κ2) is 14.4. The Hall–Kier alpha value is -3.04. The van der Waals surface area contributed by atoms with E-state index >= 15 is 0 Å². The van der Waals surface area contributed by atoms with E-state index in [-0.39, 0.29) is 18.0 Å². The van der Waals surface area contributed by atoms with Gasteiger partial charge in [-0.2, -0.15) is 4.98 Å². The maximum Gasteiger partial charge on any atom is 0.332 e. The van der Waals surface area contributed by atoms with E-state index in [2.05, 4.69) is 21.6 Å². The molecule has 242 valence electrons. The predicted octanol–water partition coefficient (Wildman–Crippen LogP) is 0.376. The summed E-state index contributed by atoms with van der Waals surface area (Å²) in [6.45, 7) is 9.17. The highest BCUT2D eigenvalue weighted by Gasteiger charge is 2.27. The fraction of sp³-hybridized carbons (Fsp3) is 0.633. The van der Waals surface area contributed by atoms with E-state index in [1.807, 2.05) is 6.07 Å². The molecule has 1 N–H and O–H groups in total. The van der Waals surface area contributed by atoms with E-state index in [0.29, 0.717) is 74.4 Å². The van der Waals surface area contributed by atoms with Crippen LogP contribution in [0.1, 0.15) is 26.2 Å². The lowest BCUT2D eigenvalue weighted by molar-refractivity contribution is 0.0649. The van der Waals surface area contributed by atoms with Gasteiger partial charge in [-0.1, -0.05) is 31.5 Å². The van der Waals surface area contributed by atoms with Crippen LogP contribution in [0.5, 0.6) is 0 Å². The first-order chi connectivity index (χ1) is 21.2. The van der Waals surface area contributed by atoms with Gasteiger partial charge >= 0.3 is 5.69 Å². The number of nitrogens with zero attached hydrogens (tertiary/aromatic N) is 7. The average molecular weight is 632 g/mol. The average Bonchev–Trinajstić information content (AvgIpc) is 3.40. The fourth-order valence-corrected chi connectivity index (χ4v) is 7.34. The number of aliphatic hydroxyl groups excluding tert-OH is 1. The minimum Gasteiger partial charge on any atom is -0.390 e. The van der Waals surface area contributed by atoms with Crippen LogP contribution in [-0.4, -0.2) is 119 Å². The predicted molar refractivity (Wildman–Crippen MR) is 169 cm³/mol. The number of ether oxygens (including phenoxy) is 1. The Morgan fingerprint density at radius 1 is 0.909 bits per heavy atom. The van der Waals surface area contributed by atoms with Gasteiger partial charge in [0.2, 0.25) is 5.95 Å². The van der Waals surface area contributed by atoms with Gasteiger partial charge in [0.25, 0.3) is 5.56 Å². The Morgan fingerprint density at radius 2 is 1.59 bits per heavy atom. The second-order valence-electron chi connectivity index (χ2n) is 11.7. The molecular formula is C30H45N7O6S. The number of aromatic nitrogens is 4. The number of imidazole rings is 1. The number of hydrogen-bond acceptors (Lipinski definition) is 10. The van der Waals surface area contributed by atoms with Crippen LogP contribution in [0.2, 0.25) is 0 Å². The van der Waals surface area contributed by atoms with Gasteiger partial charge in [0.15, 0.2) is 21.0 Å². The minimum absolute atomic E-state index is 0.117. The van der Waals surface area contributed by atoms with Crippen LogP contribution in [0.3, 0.4) is 0 Å². The fourth-order valence-electron chi connectivity index (χ4n) is 6.03. The third-order valence-electron chi connectivity index (χ3n) is 8.56. The summed E-state index contributed by atoms with van der Waals surface area (Å²) in [6.07, 6.45) is 1.48. The normalized spacial score (nSPS) is 17.8. The zero-order valence-electron chi connectivity index (χ0n) is 25.8. The van der Waals surface area contributed by atoms with Crippen LogP contribution in [-0.2, 0) is 34.7 Å². The van der Waals surface area contributed by atoms with Crippen LogP contribution in [0.15, 0.2) is 44.8 Å². The first kappa shape index (κ1) is 32.4. The molecule has 13 nitrogen and oxygen atoms in total. The molecule has 2 fully saturated rings. The molecule has 3 aromatic rings. The molecule has 0 amide bonds. The standard InChI is InChI=1S/C30H45N7O6S/c1-3-4-12-36-27-26(28(39)32(2)30(36)40)37(29(31-27)35-17-19-43-20-18-35)23-24(38)22-34-15-13-33(14-16-34)11-8-21-44(41,42)25-9-6-5-7-10-25/h5-7,9-10,24,38H,3-4,8,11-23H2,1-2H3. The van der Waals surface area contributed by atoms with Crippen molar-refractivity contribution >= 4 is 26.9 Å². The van der Waals surface area contributed by atoms with Crippen molar-refractivity contribution in [1.29, 1.82) is 0 Å². The number of aliphatic hydroxyl groups is 1. The van der Waals surface area contributed by atoms with E-state index in [0.717, 1.165) is 43.6 Å². The molecule has 0 bridgehead atoms. The summed E-state index contributed by atoms with van der Waals surface area (Å²) in [7, 11) is -1.80. The van der Waals surface area contributed by atoms with E-state index < -0.39 is 21.5 Å². The smallest absolute Gasteiger partial charge is 0.332 e. The highest BCUT2D eigenvalue weighted by Crippen LogP contribution is 2.22. The van der Waals surface area contributed by atoms with Crippen LogP contribution in [0.25, 0.3) is 11.2 Å². The molecule has 1 unspecified atom stereocenters. The molecule has 0 spiro atoms. The lowest BCUT2D eigenvalue weighted by Crippen LogP contribution is -2.49. The summed E-state index contributed by atoms with van der Waals surface area (Å²) in [5.41, 5.74) is -0.104. The van der Waals surface area contributed by atoms with Crippen molar-refractivity contribution in [2.75, 3.05) is 76.2 Å². The minimum atomic E-state index is -3.29. The van der Waals surface area contributed by atoms with Gasteiger partial charge in [-0.15, -0.1) is 0 Å². The van der Waals surface area contributed by atoms with Gasteiger partial charge in [0.1, 0.15) is 0 Å². The highest BCUT2D eigenvalue weighted by molar-refractivity contribution is 7.91. The molecule has 0 saturated carbocycles. The molecule has 1 atom stereocenters. The molecule has 2 aliphatic heterocycles. The highest BCUT2D eigenvalue weighted by atomic mass is 32.2. The Bertz CT molecular complexity index is 1620. The van der Waals surface area contributed by atoms with Crippen molar-refractivity contribution in [3.63, 3.8) is 0 Å². The molecule has 0 radical (unpaired) electrons. The van der Waals surface area contributed by atoms with Gasteiger partial charge in [0, 0.05) is 59.4 Å². The molecule has 1 aromatic carbocycles. The van der Waals surface area contributed by atoms with Crippen molar-refractivity contribution in [2.24, 2.45) is 7.05 Å². The van der Waals surface area contributed by atoms with Crippen molar-refractivity contribution in [3.8, 4) is 0 Å². The molecule has 2 aromatic heterocycles. The number of piperazine rings is 1. The molecule has 2 aliphatic rings. The Kier molecular flexibility index (Phi) is 10.6. The summed E-state index contributed by atoms with van der Waals surface area (Å²) in [5.74, 6) is 0.692. The maximum atomic E-state index is 13.4. The number of anilines is 1. The largest absolute Gasteiger partial charge is 0.390 e. The number of rotatable bonds is 13. The Morgan fingerprint density at radius 3 is 2.27 bits per heavy atom. The summed E-state index contributed by atoms with van der Waals surface area (Å²) in [6, 6.07) is 8.57. The van der Waals surface area contributed by atoms with E-state index in [9.17, 15) is 23.1 Å². The third-order valence-corrected chi connectivity index (χ3v) is 10.4. The van der Waals surface area contributed by atoms with Crippen LogP contribution < -0.4 is 16.1 Å². The first-order valence-electron chi connectivity index (χ1n) is 15.6. The third kappa shape index (κ3) is 7.26. The number of morpholine rings is 1. The zero-order chi connectivity index (χ0) is 31.3. The number of β-amino-alcohol motifs (C(OH)–C–C–N with tert-alkyl or cyclic N) is 1. The number of aryl methyl sites for hydroxylation is 1. The van der Waals surface area contributed by atoms with E-state index in [1.165, 1.54) is 7.05 Å². The molecule has 2 saturated heterocycles. The number of unbranched alkanes of at least 4 members (excludes halogenated alkanes) is 1. The van der Waals surface area contributed by atoms with Gasteiger partial charge < -0.3 is 24.2 Å². The quantitative estimate of drug-likeness (QED) is 0.282. The van der Waals surface area contributed by atoms with Gasteiger partial charge in [-0.05, 0) is 31.5 Å². The van der Waals surface area contributed by atoms with Crippen molar-refractivity contribution in [3.05, 3.63) is 51.2 Å². The lowest BCUT2D eigenvalue weighted by atomic mass is 10.2. The number of hydrogen-bond donors (Lipinski definition) is 1. The SMILES string of the molecule is CCCCn1c(=O)n(C)c(=O)c2c1nc(N1CCOCC1)n2CC(O)CN1CCN(CCCS(=O)(=O)c2ccccc2)CC1. The molecule has 0 aliphatic carbocycles. The molecule has 14 heteroatoms. The van der Waals surface area contributed by atoms with E-state index in [4.69, 9.17) is 9.72 Å². The number of sulfone groups is 1. The lowest BCUT2D eigenvalue weighted by Gasteiger charge is -2.36. The second-order valence-corrected chi connectivity index (χ2v) is 13.8. The first-order valence-corrected chi connectivity index (χ1v) is 17.3. The summed E-state index contributed by atoms with van der Waals surface area (Å²) in [4.78, 5) is 38.2. The summed E-state index contributed by atoms with van der Waals surface area (Å²) >= 11 is 0. The maximum absolute atomic E-state index is 13.4. The summed E-state index contributed by atoms with van der Waals surface area (Å²) < 4.78 is 35.2. The van der Waals surface area contributed by atoms with Crippen LogP contribution >= 0.6 is 0 Å². The molecular weight excluding hydrogens is 586 g/mol. The zero-order valence-corrected chi connectivity index (χ0v) is 26.6. The monoisotopic (exact) mass is 631 g/mol. The van der Waals surface area contributed by atoms with Crippen molar-refractivity contribution in [1.82, 2.24) is 28.5 Å². The van der Waals surface area contributed by atoms with Crippen LogP contribution in [0.4, 0.5) is 5.95 Å². The van der Waals surface area contributed by atoms with E-state index in [1.54, 1.807) is 33.4 Å². The molecule has 4 heterocycles. The number of benzene rings is 1. The van der Waals surface area contributed by atoms with Gasteiger partial charge in [-0.25, -0.2) is 13.2 Å². The van der Waals surface area contributed by atoms with Gasteiger partial charge in [0.05, 0.1) is 36.5 Å².